The highest BCUT2D eigenvalue weighted by Gasteiger charge is 2.05. The van der Waals surface area contributed by atoms with Gasteiger partial charge in [0.05, 0.1) is 0 Å². The second-order valence-corrected chi connectivity index (χ2v) is 6.52. The Morgan fingerprint density at radius 2 is 1.10 bits per heavy atom. The van der Waals surface area contributed by atoms with Crippen molar-refractivity contribution in [3.8, 4) is 0 Å². The van der Waals surface area contributed by atoms with E-state index in [9.17, 15) is 0 Å². The Labute approximate surface area is 130 Å². The zero-order chi connectivity index (χ0) is 14.9. The van der Waals surface area contributed by atoms with Gasteiger partial charge in [0.15, 0.2) is 0 Å². The van der Waals surface area contributed by atoms with Crippen molar-refractivity contribution in [3.63, 3.8) is 0 Å². The Balaban J connectivity index is 3.20. The summed E-state index contributed by atoms with van der Waals surface area (Å²) in [7, 11) is 0. The average Bonchev–Trinajstić information content (AvgIpc) is 2.47. The summed E-state index contributed by atoms with van der Waals surface area (Å²) < 4.78 is 0. The number of hydrogen-bond donors (Lipinski definition) is 0. The maximum atomic E-state index is 2.62. The molecule has 0 fully saturated rings. The lowest BCUT2D eigenvalue weighted by Gasteiger charge is -2.13. The molecular formula is C20H41. The Morgan fingerprint density at radius 3 is 1.65 bits per heavy atom. The van der Waals surface area contributed by atoms with Crippen LogP contribution in [0.5, 0.6) is 0 Å². The molecule has 0 aromatic carbocycles. The zero-order valence-corrected chi connectivity index (χ0v) is 14.8. The van der Waals surface area contributed by atoms with Crippen LogP contribution in [0.1, 0.15) is 117 Å². The first-order valence-corrected chi connectivity index (χ1v) is 9.68. The van der Waals surface area contributed by atoms with Crippen LogP contribution < -0.4 is 0 Å². The van der Waals surface area contributed by atoms with Crippen molar-refractivity contribution < 1.29 is 0 Å². The van der Waals surface area contributed by atoms with E-state index in [0.717, 1.165) is 5.92 Å². The molecule has 0 N–H and O–H groups in total. The van der Waals surface area contributed by atoms with Gasteiger partial charge in [0, 0.05) is 0 Å². The summed E-state index contributed by atoms with van der Waals surface area (Å²) in [6.45, 7) is 6.94. The van der Waals surface area contributed by atoms with E-state index in [2.05, 4.69) is 27.2 Å². The van der Waals surface area contributed by atoms with Gasteiger partial charge >= 0.3 is 0 Å². The minimum Gasteiger partial charge on any atom is -0.0654 e. The van der Waals surface area contributed by atoms with Crippen LogP contribution in [0.2, 0.25) is 0 Å². The van der Waals surface area contributed by atoms with Gasteiger partial charge in [-0.05, 0) is 18.8 Å². The van der Waals surface area contributed by atoms with E-state index < -0.39 is 0 Å². The highest BCUT2D eigenvalue weighted by molar-refractivity contribution is 4.75. The van der Waals surface area contributed by atoms with Crippen molar-refractivity contribution in [2.45, 2.75) is 117 Å². The third-order valence-corrected chi connectivity index (χ3v) is 4.51. The molecule has 0 heteroatoms. The smallest absolute Gasteiger partial charge is 0.0355 e. The van der Waals surface area contributed by atoms with Crippen molar-refractivity contribution in [3.05, 3.63) is 6.42 Å². The molecule has 0 aliphatic heterocycles. The van der Waals surface area contributed by atoms with E-state index in [-0.39, 0.29) is 0 Å². The van der Waals surface area contributed by atoms with Crippen LogP contribution in [0.3, 0.4) is 0 Å². The van der Waals surface area contributed by atoms with Crippen LogP contribution >= 0.6 is 0 Å². The minimum absolute atomic E-state index is 0.899. The van der Waals surface area contributed by atoms with Gasteiger partial charge in [0.1, 0.15) is 0 Å². The molecule has 121 valence electrons. The van der Waals surface area contributed by atoms with Gasteiger partial charge < -0.3 is 0 Å². The number of unbranched alkanes of at least 4 members (excludes halogenated alkanes) is 11. The van der Waals surface area contributed by atoms with Crippen molar-refractivity contribution in [1.29, 1.82) is 0 Å². The average molecular weight is 282 g/mol. The van der Waals surface area contributed by atoms with Crippen LogP contribution in [-0.2, 0) is 0 Å². The number of hydrogen-bond acceptors (Lipinski definition) is 0. The lowest BCUT2D eigenvalue weighted by molar-refractivity contribution is 0.474. The Kier molecular flexibility index (Phi) is 17.1. The van der Waals surface area contributed by atoms with E-state index >= 15 is 0 Å². The molecule has 0 aliphatic carbocycles. The lowest BCUT2D eigenvalue weighted by atomic mass is 9.92. The fourth-order valence-electron chi connectivity index (χ4n) is 2.95. The quantitative estimate of drug-likeness (QED) is 0.254. The summed E-state index contributed by atoms with van der Waals surface area (Å²) >= 11 is 0. The van der Waals surface area contributed by atoms with Crippen LogP contribution in [-0.4, -0.2) is 0 Å². The molecule has 0 bridgehead atoms. The van der Waals surface area contributed by atoms with Crippen molar-refractivity contribution in [2.24, 2.45) is 5.92 Å². The molecule has 0 saturated carbocycles. The molecule has 1 radical (unpaired) electrons. The fraction of sp³-hybridized carbons (Fsp3) is 0.950. The second-order valence-electron chi connectivity index (χ2n) is 6.52. The highest BCUT2D eigenvalue weighted by atomic mass is 14.1. The normalized spacial score (nSPS) is 12.8. The summed E-state index contributed by atoms with van der Waals surface area (Å²) in [5.41, 5.74) is 0. The molecule has 20 heavy (non-hydrogen) atoms. The van der Waals surface area contributed by atoms with Gasteiger partial charge in [-0.15, -0.1) is 0 Å². The standard InChI is InChI=1S/C20H41/c1-4-7-9-10-11-12-13-14-15-17-19-20(6-3)18-16-8-5-2/h19-20H,4-18H2,1-3H3. The predicted octanol–water partition coefficient (Wildman–Crippen LogP) is 7.72. The molecule has 1 unspecified atom stereocenters. The minimum atomic E-state index is 0.899. The van der Waals surface area contributed by atoms with Gasteiger partial charge in [0.25, 0.3) is 0 Å². The van der Waals surface area contributed by atoms with Gasteiger partial charge in [0.2, 0.25) is 0 Å². The van der Waals surface area contributed by atoms with E-state index in [0.29, 0.717) is 0 Å². The SMILES string of the molecule is CCCCCCCCCCC[CH]C(CC)CCCCC. The molecule has 0 aromatic rings. The third-order valence-electron chi connectivity index (χ3n) is 4.51. The molecule has 0 aromatic heterocycles. The molecule has 0 saturated heterocycles. The van der Waals surface area contributed by atoms with Gasteiger partial charge in [-0.25, -0.2) is 0 Å². The number of rotatable bonds is 16. The monoisotopic (exact) mass is 281 g/mol. The van der Waals surface area contributed by atoms with Crippen LogP contribution in [0.15, 0.2) is 0 Å². The first-order valence-electron chi connectivity index (χ1n) is 9.68. The zero-order valence-electron chi connectivity index (χ0n) is 14.8. The highest BCUT2D eigenvalue weighted by Crippen LogP contribution is 2.20. The first-order chi connectivity index (χ1) is 9.85. The van der Waals surface area contributed by atoms with Crippen LogP contribution in [0.4, 0.5) is 0 Å². The Bertz CT molecular complexity index is 161. The molecule has 1 atom stereocenters. The Hall–Kier alpha value is 0. The summed E-state index contributed by atoms with van der Waals surface area (Å²) in [5, 5.41) is 0. The van der Waals surface area contributed by atoms with E-state index in [4.69, 9.17) is 0 Å². The molecule has 0 amide bonds. The summed E-state index contributed by atoms with van der Waals surface area (Å²) in [4.78, 5) is 0. The van der Waals surface area contributed by atoms with Crippen molar-refractivity contribution in [2.75, 3.05) is 0 Å². The first kappa shape index (κ1) is 20.0. The summed E-state index contributed by atoms with van der Waals surface area (Å²) in [6, 6.07) is 0. The molecule has 0 heterocycles. The van der Waals surface area contributed by atoms with Crippen molar-refractivity contribution in [1.82, 2.24) is 0 Å². The summed E-state index contributed by atoms with van der Waals surface area (Å²) in [6.07, 6.45) is 24.0. The third kappa shape index (κ3) is 14.4. The molecule has 0 rings (SSSR count). The molecular weight excluding hydrogens is 240 g/mol. The maximum Gasteiger partial charge on any atom is -0.0355 e. The topological polar surface area (TPSA) is 0 Å². The Morgan fingerprint density at radius 1 is 0.600 bits per heavy atom. The fourth-order valence-corrected chi connectivity index (χ4v) is 2.95. The predicted molar refractivity (Wildman–Crippen MR) is 94.1 cm³/mol. The van der Waals surface area contributed by atoms with E-state index in [1.165, 1.54) is 96.3 Å². The van der Waals surface area contributed by atoms with Crippen LogP contribution in [0.25, 0.3) is 0 Å². The maximum absolute atomic E-state index is 2.62. The summed E-state index contributed by atoms with van der Waals surface area (Å²) in [5.74, 6) is 0.899. The van der Waals surface area contributed by atoms with Gasteiger partial charge in [-0.2, -0.15) is 0 Å². The van der Waals surface area contributed by atoms with Gasteiger partial charge in [-0.3, -0.25) is 0 Å². The van der Waals surface area contributed by atoms with E-state index in [1.807, 2.05) is 0 Å². The largest absolute Gasteiger partial charge is 0.0654 e. The van der Waals surface area contributed by atoms with Gasteiger partial charge in [-0.1, -0.05) is 111 Å². The van der Waals surface area contributed by atoms with Crippen LogP contribution in [0, 0.1) is 12.3 Å². The van der Waals surface area contributed by atoms with Crippen molar-refractivity contribution >= 4 is 0 Å². The molecule has 0 spiro atoms. The molecule has 0 aliphatic rings. The second kappa shape index (κ2) is 17.1. The van der Waals surface area contributed by atoms with E-state index in [1.54, 1.807) is 0 Å². The molecule has 0 nitrogen and oxygen atoms in total. The lowest BCUT2D eigenvalue weighted by Crippen LogP contribution is -2.00.